The van der Waals surface area contributed by atoms with Crippen molar-refractivity contribution < 1.29 is 14.3 Å². The number of ether oxygens (including phenoxy) is 1. The summed E-state index contributed by atoms with van der Waals surface area (Å²) in [5.74, 6) is 0.429. The number of carbonyl (C=O) groups excluding carboxylic acids is 2. The third kappa shape index (κ3) is 7.11. The van der Waals surface area contributed by atoms with Crippen LogP contribution in [0, 0.1) is 0 Å². The number of likely N-dealkylation sites (N-methyl/N-ethyl adjacent to an activating group) is 2. The van der Waals surface area contributed by atoms with Crippen molar-refractivity contribution in [2.75, 3.05) is 40.8 Å². The third-order valence-corrected chi connectivity index (χ3v) is 3.97. The zero-order valence-corrected chi connectivity index (χ0v) is 16.1. The number of hydrogen-bond acceptors (Lipinski definition) is 4. The van der Waals surface area contributed by atoms with Crippen LogP contribution in [-0.4, -0.2) is 62.5 Å². The fourth-order valence-electron chi connectivity index (χ4n) is 2.39. The maximum atomic E-state index is 12.2. The largest absolute Gasteiger partial charge is 0.492 e. The highest BCUT2D eigenvalue weighted by Crippen LogP contribution is 2.12. The molecule has 0 radical (unpaired) electrons. The Balaban J connectivity index is 1.75. The summed E-state index contributed by atoms with van der Waals surface area (Å²) in [7, 11) is 5.62. The second-order valence-electron chi connectivity index (χ2n) is 6.60. The van der Waals surface area contributed by atoms with Gasteiger partial charge in [0.25, 0.3) is 5.91 Å². The monoisotopic (exact) mass is 369 g/mol. The van der Waals surface area contributed by atoms with Crippen LogP contribution in [-0.2, 0) is 11.3 Å². The van der Waals surface area contributed by atoms with Gasteiger partial charge in [0.05, 0.1) is 6.54 Å². The summed E-state index contributed by atoms with van der Waals surface area (Å²) in [6, 6.07) is 16.5. The van der Waals surface area contributed by atoms with Gasteiger partial charge in [-0.25, -0.2) is 0 Å². The van der Waals surface area contributed by atoms with Crippen LogP contribution in [0.5, 0.6) is 5.75 Å². The van der Waals surface area contributed by atoms with E-state index in [1.54, 1.807) is 31.3 Å². The van der Waals surface area contributed by atoms with Crippen molar-refractivity contribution in [2.24, 2.45) is 0 Å². The van der Waals surface area contributed by atoms with E-state index in [9.17, 15) is 9.59 Å². The van der Waals surface area contributed by atoms with Crippen molar-refractivity contribution in [2.45, 2.75) is 6.54 Å². The summed E-state index contributed by atoms with van der Waals surface area (Å²) in [6.45, 7) is 1.90. The number of nitrogens with zero attached hydrogens (tertiary/aromatic N) is 2. The Morgan fingerprint density at radius 1 is 0.963 bits per heavy atom. The molecular formula is C21H27N3O3. The highest BCUT2D eigenvalue weighted by molar-refractivity contribution is 5.96. The third-order valence-electron chi connectivity index (χ3n) is 3.97. The Labute approximate surface area is 160 Å². The smallest absolute Gasteiger partial charge is 0.254 e. The van der Waals surface area contributed by atoms with E-state index in [1.807, 2.05) is 44.4 Å². The molecule has 0 aromatic heterocycles. The summed E-state index contributed by atoms with van der Waals surface area (Å²) in [5.41, 5.74) is 1.54. The number of nitrogens with one attached hydrogen (secondary N) is 1. The Hall–Kier alpha value is -2.86. The molecule has 0 saturated carbocycles. The molecule has 2 amide bonds. The second-order valence-corrected chi connectivity index (χ2v) is 6.60. The Kier molecular flexibility index (Phi) is 7.82. The SMILES string of the molecule is CN(C)CCOc1ccc(CNC(=O)CN(C)C(=O)c2ccccc2)cc1. The molecule has 27 heavy (non-hydrogen) atoms. The predicted octanol–water partition coefficient (Wildman–Crippen LogP) is 2.02. The van der Waals surface area contributed by atoms with Gasteiger partial charge in [-0.2, -0.15) is 0 Å². The topological polar surface area (TPSA) is 61.9 Å². The molecule has 0 heterocycles. The molecule has 0 spiro atoms. The standard InChI is InChI=1S/C21H27N3O3/c1-23(2)13-14-27-19-11-9-17(10-12-19)15-22-20(25)16-24(3)21(26)18-7-5-4-6-8-18/h4-12H,13-16H2,1-3H3,(H,22,25). The predicted molar refractivity (Wildman–Crippen MR) is 106 cm³/mol. The van der Waals surface area contributed by atoms with Crippen LogP contribution in [0.1, 0.15) is 15.9 Å². The quantitative estimate of drug-likeness (QED) is 0.735. The van der Waals surface area contributed by atoms with Gasteiger partial charge in [0.2, 0.25) is 5.91 Å². The molecule has 6 nitrogen and oxygen atoms in total. The zero-order chi connectivity index (χ0) is 19.6. The van der Waals surface area contributed by atoms with Gasteiger partial charge in [-0.3, -0.25) is 9.59 Å². The van der Waals surface area contributed by atoms with Crippen LogP contribution in [0.25, 0.3) is 0 Å². The lowest BCUT2D eigenvalue weighted by Gasteiger charge is -2.17. The molecule has 0 aliphatic carbocycles. The molecule has 1 N–H and O–H groups in total. The van der Waals surface area contributed by atoms with Crippen molar-refractivity contribution in [3.8, 4) is 5.75 Å². The summed E-state index contributed by atoms with van der Waals surface area (Å²) >= 11 is 0. The van der Waals surface area contributed by atoms with Crippen LogP contribution >= 0.6 is 0 Å². The molecule has 0 aliphatic heterocycles. The van der Waals surface area contributed by atoms with E-state index in [0.29, 0.717) is 18.7 Å². The summed E-state index contributed by atoms with van der Waals surface area (Å²) in [6.07, 6.45) is 0. The Bertz CT molecular complexity index is 730. The summed E-state index contributed by atoms with van der Waals surface area (Å²) in [4.78, 5) is 27.8. The summed E-state index contributed by atoms with van der Waals surface area (Å²) < 4.78 is 5.65. The molecule has 0 bridgehead atoms. The van der Waals surface area contributed by atoms with E-state index in [2.05, 4.69) is 10.2 Å². The van der Waals surface area contributed by atoms with Gasteiger partial charge in [-0.1, -0.05) is 30.3 Å². The molecule has 2 rings (SSSR count). The number of carbonyl (C=O) groups is 2. The highest BCUT2D eigenvalue weighted by atomic mass is 16.5. The van der Waals surface area contributed by atoms with Crippen LogP contribution in [0.3, 0.4) is 0 Å². The van der Waals surface area contributed by atoms with Crippen molar-refractivity contribution >= 4 is 11.8 Å². The van der Waals surface area contributed by atoms with E-state index in [-0.39, 0.29) is 18.4 Å². The normalized spacial score (nSPS) is 10.5. The van der Waals surface area contributed by atoms with Gasteiger partial charge in [-0.05, 0) is 43.9 Å². The minimum absolute atomic E-state index is 0.0134. The Morgan fingerprint density at radius 3 is 2.26 bits per heavy atom. The molecule has 0 fully saturated rings. The first-order valence-electron chi connectivity index (χ1n) is 8.89. The van der Waals surface area contributed by atoms with Gasteiger partial charge in [0, 0.05) is 25.7 Å². The van der Waals surface area contributed by atoms with E-state index in [4.69, 9.17) is 4.74 Å². The molecule has 0 saturated heterocycles. The maximum Gasteiger partial charge on any atom is 0.254 e. The van der Waals surface area contributed by atoms with E-state index in [1.165, 1.54) is 4.90 Å². The van der Waals surface area contributed by atoms with Crippen molar-refractivity contribution in [3.05, 3.63) is 65.7 Å². The number of amides is 2. The van der Waals surface area contributed by atoms with Crippen LogP contribution in [0.2, 0.25) is 0 Å². The van der Waals surface area contributed by atoms with Gasteiger partial charge in [0.15, 0.2) is 0 Å². The number of hydrogen-bond donors (Lipinski definition) is 1. The van der Waals surface area contributed by atoms with Crippen molar-refractivity contribution in [1.29, 1.82) is 0 Å². The van der Waals surface area contributed by atoms with Crippen LogP contribution in [0.4, 0.5) is 0 Å². The van der Waals surface area contributed by atoms with Gasteiger partial charge in [-0.15, -0.1) is 0 Å². The van der Waals surface area contributed by atoms with E-state index >= 15 is 0 Å². The molecular weight excluding hydrogens is 342 g/mol. The van der Waals surface area contributed by atoms with Crippen molar-refractivity contribution in [1.82, 2.24) is 15.1 Å². The van der Waals surface area contributed by atoms with E-state index < -0.39 is 0 Å². The fraction of sp³-hybridized carbons (Fsp3) is 0.333. The molecule has 6 heteroatoms. The number of rotatable bonds is 9. The average molecular weight is 369 g/mol. The first kappa shape index (κ1) is 20.5. The zero-order valence-electron chi connectivity index (χ0n) is 16.1. The molecule has 0 aliphatic rings. The lowest BCUT2D eigenvalue weighted by atomic mass is 10.2. The minimum atomic E-state index is -0.201. The van der Waals surface area contributed by atoms with Crippen molar-refractivity contribution in [3.63, 3.8) is 0 Å². The molecule has 2 aromatic rings. The van der Waals surface area contributed by atoms with Gasteiger partial charge < -0.3 is 19.9 Å². The lowest BCUT2D eigenvalue weighted by molar-refractivity contribution is -0.121. The van der Waals surface area contributed by atoms with Gasteiger partial charge in [0.1, 0.15) is 12.4 Å². The molecule has 0 atom stereocenters. The maximum absolute atomic E-state index is 12.2. The highest BCUT2D eigenvalue weighted by Gasteiger charge is 2.14. The molecule has 2 aromatic carbocycles. The second kappa shape index (κ2) is 10.3. The summed E-state index contributed by atoms with van der Waals surface area (Å²) in [5, 5.41) is 2.83. The lowest BCUT2D eigenvalue weighted by Crippen LogP contribution is -2.38. The van der Waals surface area contributed by atoms with Gasteiger partial charge >= 0.3 is 0 Å². The fourth-order valence-corrected chi connectivity index (χ4v) is 2.39. The minimum Gasteiger partial charge on any atom is -0.492 e. The number of benzene rings is 2. The first-order chi connectivity index (χ1) is 13.0. The Morgan fingerprint density at radius 2 is 1.63 bits per heavy atom. The van der Waals surface area contributed by atoms with Crippen LogP contribution < -0.4 is 10.1 Å². The molecule has 0 unspecified atom stereocenters. The average Bonchev–Trinajstić information content (AvgIpc) is 2.67. The molecule has 144 valence electrons. The first-order valence-corrected chi connectivity index (χ1v) is 8.89. The van der Waals surface area contributed by atoms with E-state index in [0.717, 1.165) is 17.9 Å². The van der Waals surface area contributed by atoms with Crippen LogP contribution in [0.15, 0.2) is 54.6 Å².